The van der Waals surface area contributed by atoms with Crippen LogP contribution >= 0.6 is 12.4 Å². The number of nitrogen functional groups attached to an aromatic ring is 1. The van der Waals surface area contributed by atoms with Gasteiger partial charge in [-0.2, -0.15) is 13.2 Å². The number of rotatable bonds is 1. The van der Waals surface area contributed by atoms with E-state index in [0.29, 0.717) is 18.2 Å². The lowest BCUT2D eigenvalue weighted by Gasteiger charge is -2.11. The molecular weight excluding hydrogens is 236 g/mol. The van der Waals surface area contributed by atoms with Crippen LogP contribution in [0.15, 0.2) is 18.2 Å². The van der Waals surface area contributed by atoms with Gasteiger partial charge in [-0.15, -0.1) is 12.4 Å². The summed E-state index contributed by atoms with van der Waals surface area (Å²) >= 11 is 0. The number of halogens is 5. The first-order valence-corrected chi connectivity index (χ1v) is 3.53. The summed E-state index contributed by atoms with van der Waals surface area (Å²) in [4.78, 5) is 0. The second kappa shape index (κ2) is 4.48. The van der Waals surface area contributed by atoms with Crippen LogP contribution in [0.3, 0.4) is 0 Å². The fraction of sp³-hybridized carbons (Fsp3) is 0.125. The van der Waals surface area contributed by atoms with E-state index in [1.165, 1.54) is 0 Å². The quantitative estimate of drug-likeness (QED) is 0.444. The van der Waals surface area contributed by atoms with Gasteiger partial charge in [0.1, 0.15) is 11.7 Å². The Balaban J connectivity index is 0.00000196. The van der Waals surface area contributed by atoms with Crippen molar-refractivity contribution in [2.75, 3.05) is 0 Å². The monoisotopic (exact) mass is 242 g/mol. The van der Waals surface area contributed by atoms with Crippen LogP contribution in [0, 0.1) is 11.2 Å². The number of amidine groups is 1. The lowest BCUT2D eigenvalue weighted by molar-refractivity contribution is -0.137. The molecule has 0 unspecified atom stereocenters. The number of nitrogens with one attached hydrogen (secondary N) is 1. The maximum Gasteiger partial charge on any atom is 0.417 e. The lowest BCUT2D eigenvalue weighted by atomic mass is 10.1. The number of nitrogens with two attached hydrogens (primary N) is 1. The maximum absolute atomic E-state index is 12.6. The first-order chi connectivity index (χ1) is 6.32. The van der Waals surface area contributed by atoms with E-state index in [1.807, 2.05) is 0 Å². The molecule has 0 aliphatic heterocycles. The minimum atomic E-state index is -4.63. The SMILES string of the molecule is Cl.N=C(N)c1cc(F)ccc1C(F)(F)F. The molecule has 0 spiro atoms. The van der Waals surface area contributed by atoms with Crippen LogP contribution in [0.5, 0.6) is 0 Å². The summed E-state index contributed by atoms with van der Waals surface area (Å²) in [7, 11) is 0. The van der Waals surface area contributed by atoms with Crippen molar-refractivity contribution in [3.8, 4) is 0 Å². The van der Waals surface area contributed by atoms with Crippen molar-refractivity contribution in [2.24, 2.45) is 5.73 Å². The van der Waals surface area contributed by atoms with Crippen LogP contribution in [0.2, 0.25) is 0 Å². The number of hydrogen-bond donors (Lipinski definition) is 2. The topological polar surface area (TPSA) is 49.9 Å². The van der Waals surface area contributed by atoms with E-state index in [4.69, 9.17) is 11.1 Å². The van der Waals surface area contributed by atoms with Gasteiger partial charge in [0.15, 0.2) is 0 Å². The molecule has 0 fully saturated rings. The van der Waals surface area contributed by atoms with Gasteiger partial charge in [0.25, 0.3) is 0 Å². The summed E-state index contributed by atoms with van der Waals surface area (Å²) in [6, 6.07) is 1.83. The Bertz CT molecular complexity index is 375. The van der Waals surface area contributed by atoms with E-state index in [1.54, 1.807) is 0 Å². The van der Waals surface area contributed by atoms with Crippen molar-refractivity contribution in [3.63, 3.8) is 0 Å². The van der Waals surface area contributed by atoms with Gasteiger partial charge in [0.2, 0.25) is 0 Å². The first-order valence-electron chi connectivity index (χ1n) is 3.53. The molecule has 1 rings (SSSR count). The molecule has 7 heteroatoms. The maximum atomic E-state index is 12.6. The molecule has 0 heterocycles. The average Bonchev–Trinajstić information content (AvgIpc) is 2.01. The zero-order valence-electron chi connectivity index (χ0n) is 7.23. The van der Waals surface area contributed by atoms with Gasteiger partial charge in [-0.25, -0.2) is 4.39 Å². The van der Waals surface area contributed by atoms with E-state index >= 15 is 0 Å². The minimum absolute atomic E-state index is 0. The highest BCUT2D eigenvalue weighted by Gasteiger charge is 2.34. The molecule has 15 heavy (non-hydrogen) atoms. The Labute approximate surface area is 89.0 Å². The predicted octanol–water partition coefficient (Wildman–Crippen LogP) is 2.55. The third kappa shape index (κ3) is 3.09. The molecule has 2 nitrogen and oxygen atoms in total. The Morgan fingerprint density at radius 3 is 2.20 bits per heavy atom. The van der Waals surface area contributed by atoms with Gasteiger partial charge in [0, 0.05) is 5.56 Å². The van der Waals surface area contributed by atoms with Gasteiger partial charge in [-0.1, -0.05) is 0 Å². The fourth-order valence-corrected chi connectivity index (χ4v) is 0.987. The van der Waals surface area contributed by atoms with Gasteiger partial charge in [-0.05, 0) is 18.2 Å². The lowest BCUT2D eigenvalue weighted by Crippen LogP contribution is -2.19. The van der Waals surface area contributed by atoms with Crippen LogP contribution in [0.4, 0.5) is 17.6 Å². The summed E-state index contributed by atoms with van der Waals surface area (Å²) < 4.78 is 49.4. The van der Waals surface area contributed by atoms with Crippen molar-refractivity contribution in [3.05, 3.63) is 35.1 Å². The molecular formula is C8H7ClF4N2. The zero-order valence-corrected chi connectivity index (χ0v) is 8.05. The second-order valence-electron chi connectivity index (χ2n) is 2.60. The molecule has 0 aliphatic carbocycles. The van der Waals surface area contributed by atoms with E-state index < -0.39 is 29.0 Å². The van der Waals surface area contributed by atoms with Crippen molar-refractivity contribution in [2.45, 2.75) is 6.18 Å². The highest BCUT2D eigenvalue weighted by atomic mass is 35.5. The Morgan fingerprint density at radius 1 is 1.27 bits per heavy atom. The van der Waals surface area contributed by atoms with Crippen LogP contribution in [-0.2, 0) is 6.18 Å². The summed E-state index contributed by atoms with van der Waals surface area (Å²) in [5.74, 6) is -1.67. The molecule has 0 amide bonds. The Kier molecular flexibility index (Phi) is 4.09. The molecule has 1 aromatic carbocycles. The molecule has 0 radical (unpaired) electrons. The van der Waals surface area contributed by atoms with Crippen molar-refractivity contribution in [1.82, 2.24) is 0 Å². The molecule has 84 valence electrons. The van der Waals surface area contributed by atoms with E-state index in [-0.39, 0.29) is 12.4 Å². The molecule has 0 bridgehead atoms. The Hall–Kier alpha value is -1.30. The third-order valence-corrected chi connectivity index (χ3v) is 1.58. The van der Waals surface area contributed by atoms with Crippen LogP contribution in [-0.4, -0.2) is 5.84 Å². The van der Waals surface area contributed by atoms with Gasteiger partial charge < -0.3 is 5.73 Å². The molecule has 0 aliphatic rings. The van der Waals surface area contributed by atoms with E-state index in [9.17, 15) is 17.6 Å². The summed E-state index contributed by atoms with van der Waals surface area (Å²) in [6.45, 7) is 0. The van der Waals surface area contributed by atoms with Gasteiger partial charge >= 0.3 is 6.18 Å². The minimum Gasteiger partial charge on any atom is -0.384 e. The third-order valence-electron chi connectivity index (χ3n) is 1.58. The molecule has 1 aromatic rings. The average molecular weight is 243 g/mol. The molecule has 0 saturated carbocycles. The van der Waals surface area contributed by atoms with Crippen LogP contribution in [0.1, 0.15) is 11.1 Å². The summed E-state index contributed by atoms with van der Waals surface area (Å²) in [6.07, 6.45) is -4.63. The highest BCUT2D eigenvalue weighted by Crippen LogP contribution is 2.31. The summed E-state index contributed by atoms with van der Waals surface area (Å²) in [5.41, 5.74) is 3.15. The second-order valence-corrected chi connectivity index (χ2v) is 2.60. The van der Waals surface area contributed by atoms with Crippen molar-refractivity contribution >= 4 is 18.2 Å². The smallest absolute Gasteiger partial charge is 0.384 e. The number of alkyl halides is 3. The summed E-state index contributed by atoms with van der Waals surface area (Å²) in [5, 5.41) is 6.86. The van der Waals surface area contributed by atoms with E-state index in [2.05, 4.69) is 0 Å². The van der Waals surface area contributed by atoms with Crippen LogP contribution < -0.4 is 5.73 Å². The van der Waals surface area contributed by atoms with Crippen molar-refractivity contribution in [1.29, 1.82) is 5.41 Å². The predicted molar refractivity (Wildman–Crippen MR) is 49.7 cm³/mol. The Morgan fingerprint density at radius 2 is 1.80 bits per heavy atom. The zero-order chi connectivity index (χ0) is 10.9. The number of benzene rings is 1. The number of hydrogen-bond acceptors (Lipinski definition) is 1. The highest BCUT2D eigenvalue weighted by molar-refractivity contribution is 5.96. The first kappa shape index (κ1) is 13.7. The van der Waals surface area contributed by atoms with Gasteiger partial charge in [-0.3, -0.25) is 5.41 Å². The fourth-order valence-electron chi connectivity index (χ4n) is 0.987. The van der Waals surface area contributed by atoms with Crippen LogP contribution in [0.25, 0.3) is 0 Å². The molecule has 0 atom stereocenters. The molecule has 3 N–H and O–H groups in total. The van der Waals surface area contributed by atoms with Gasteiger partial charge in [0.05, 0.1) is 5.56 Å². The molecule has 0 saturated heterocycles. The standard InChI is InChI=1S/C8H6F4N2.ClH/c9-4-1-2-6(8(10,11)12)5(3-4)7(13)14;/h1-3H,(H3,13,14);1H. The normalized spacial score (nSPS) is 10.7. The van der Waals surface area contributed by atoms with E-state index in [0.717, 1.165) is 0 Å². The molecule has 0 aromatic heterocycles. The van der Waals surface area contributed by atoms with Crippen molar-refractivity contribution < 1.29 is 17.6 Å². The largest absolute Gasteiger partial charge is 0.417 e.